The Balaban J connectivity index is 1.64. The highest BCUT2D eigenvalue weighted by Crippen LogP contribution is 2.29. The summed E-state index contributed by atoms with van der Waals surface area (Å²) in [6.07, 6.45) is 2.86. The molecule has 0 radical (unpaired) electrons. The van der Waals surface area contributed by atoms with Gasteiger partial charge in [-0.1, -0.05) is 23.8 Å². The van der Waals surface area contributed by atoms with Crippen LogP contribution in [-0.2, 0) is 16.1 Å². The third kappa shape index (κ3) is 6.16. The first-order chi connectivity index (χ1) is 15.0. The summed E-state index contributed by atoms with van der Waals surface area (Å²) in [7, 11) is 2.76. The molecule has 160 valence electrons. The lowest BCUT2D eigenvalue weighted by Crippen LogP contribution is -2.10. The van der Waals surface area contributed by atoms with E-state index in [1.807, 2.05) is 31.2 Å². The fourth-order valence-electron chi connectivity index (χ4n) is 2.51. The summed E-state index contributed by atoms with van der Waals surface area (Å²) in [6, 6.07) is 12.6. The van der Waals surface area contributed by atoms with E-state index in [4.69, 9.17) is 14.2 Å². The predicted molar refractivity (Wildman–Crippen MR) is 117 cm³/mol. The summed E-state index contributed by atoms with van der Waals surface area (Å²) >= 11 is 1.31. The largest absolute Gasteiger partial charge is 0.493 e. The van der Waals surface area contributed by atoms with Crippen molar-refractivity contribution in [2.45, 2.75) is 13.5 Å². The summed E-state index contributed by atoms with van der Waals surface area (Å²) in [5.74, 6) is 0.247. The van der Waals surface area contributed by atoms with Gasteiger partial charge in [-0.3, -0.25) is 0 Å². The van der Waals surface area contributed by atoms with Crippen LogP contribution in [0.15, 0.2) is 53.9 Å². The van der Waals surface area contributed by atoms with Crippen molar-refractivity contribution in [1.29, 1.82) is 0 Å². The maximum absolute atomic E-state index is 12.5. The fraction of sp³-hybridized carbons (Fsp3) is 0.174. The van der Waals surface area contributed by atoms with Crippen LogP contribution in [0.1, 0.15) is 26.6 Å². The van der Waals surface area contributed by atoms with Crippen LogP contribution in [0.4, 0.5) is 0 Å². The standard InChI is InChI=1S/C23H21NO6S/c1-15-4-8-17(9-5-15)29-13-21-24-18(14-31-21)23(26)30-19-10-6-16(12-20(19)27-2)7-11-22(25)28-3/h4-12,14H,13H2,1-3H3/b11-7+. The highest BCUT2D eigenvalue weighted by Gasteiger charge is 2.16. The Labute approximate surface area is 183 Å². The highest BCUT2D eigenvalue weighted by atomic mass is 32.1. The van der Waals surface area contributed by atoms with Crippen LogP contribution in [0.2, 0.25) is 0 Å². The maximum atomic E-state index is 12.5. The Hall–Kier alpha value is -3.65. The van der Waals surface area contributed by atoms with Crippen molar-refractivity contribution in [3.8, 4) is 17.2 Å². The molecule has 0 atom stereocenters. The monoisotopic (exact) mass is 439 g/mol. The second-order valence-electron chi connectivity index (χ2n) is 6.38. The van der Waals surface area contributed by atoms with Crippen molar-refractivity contribution in [2.24, 2.45) is 0 Å². The number of carbonyl (C=O) groups excluding carboxylic acids is 2. The van der Waals surface area contributed by atoms with E-state index in [1.165, 1.54) is 31.6 Å². The first-order valence-electron chi connectivity index (χ1n) is 9.28. The van der Waals surface area contributed by atoms with E-state index in [0.29, 0.717) is 16.3 Å². The highest BCUT2D eigenvalue weighted by molar-refractivity contribution is 7.09. The molecule has 0 N–H and O–H groups in total. The zero-order chi connectivity index (χ0) is 22.2. The lowest BCUT2D eigenvalue weighted by atomic mass is 10.2. The molecule has 7 nitrogen and oxygen atoms in total. The van der Waals surface area contributed by atoms with Gasteiger partial charge in [0.15, 0.2) is 17.2 Å². The molecule has 0 aliphatic rings. The molecular weight excluding hydrogens is 418 g/mol. The van der Waals surface area contributed by atoms with E-state index in [0.717, 1.165) is 11.3 Å². The minimum absolute atomic E-state index is 0.184. The zero-order valence-electron chi connectivity index (χ0n) is 17.3. The number of aryl methyl sites for hydroxylation is 1. The van der Waals surface area contributed by atoms with Crippen LogP contribution < -0.4 is 14.2 Å². The number of thiazole rings is 1. The van der Waals surface area contributed by atoms with Crippen molar-refractivity contribution in [3.63, 3.8) is 0 Å². The molecular formula is C23H21NO6S. The number of hydrogen-bond donors (Lipinski definition) is 0. The summed E-state index contributed by atoms with van der Waals surface area (Å²) in [5.41, 5.74) is 2.02. The van der Waals surface area contributed by atoms with E-state index >= 15 is 0 Å². The number of hydrogen-bond acceptors (Lipinski definition) is 8. The summed E-state index contributed by atoms with van der Waals surface area (Å²) in [4.78, 5) is 28.0. The summed E-state index contributed by atoms with van der Waals surface area (Å²) < 4.78 is 21.0. The van der Waals surface area contributed by atoms with Crippen LogP contribution in [0.25, 0.3) is 6.08 Å². The minimum atomic E-state index is -0.603. The van der Waals surface area contributed by atoms with Gasteiger partial charge in [0, 0.05) is 11.5 Å². The van der Waals surface area contributed by atoms with Gasteiger partial charge in [0.05, 0.1) is 14.2 Å². The van der Waals surface area contributed by atoms with Crippen LogP contribution >= 0.6 is 11.3 Å². The van der Waals surface area contributed by atoms with Crippen LogP contribution in [0, 0.1) is 6.92 Å². The molecule has 0 bridgehead atoms. The molecule has 0 aliphatic carbocycles. The lowest BCUT2D eigenvalue weighted by molar-refractivity contribution is -0.134. The lowest BCUT2D eigenvalue weighted by Gasteiger charge is -2.09. The van der Waals surface area contributed by atoms with Gasteiger partial charge in [-0.05, 0) is 42.8 Å². The first-order valence-corrected chi connectivity index (χ1v) is 10.2. The first kappa shape index (κ1) is 22.0. The maximum Gasteiger partial charge on any atom is 0.363 e. The second-order valence-corrected chi connectivity index (χ2v) is 7.33. The average Bonchev–Trinajstić information content (AvgIpc) is 3.27. The van der Waals surface area contributed by atoms with E-state index in [1.54, 1.807) is 29.7 Å². The Morgan fingerprint density at radius 1 is 1.06 bits per heavy atom. The number of methoxy groups -OCH3 is 2. The molecule has 8 heteroatoms. The van der Waals surface area contributed by atoms with Gasteiger partial charge in [-0.2, -0.15) is 0 Å². The molecule has 0 fully saturated rings. The van der Waals surface area contributed by atoms with Gasteiger partial charge in [-0.15, -0.1) is 11.3 Å². The number of nitrogens with zero attached hydrogens (tertiary/aromatic N) is 1. The molecule has 2 aromatic carbocycles. The number of rotatable bonds is 8. The summed E-state index contributed by atoms with van der Waals surface area (Å²) in [5, 5.41) is 2.28. The number of esters is 2. The number of carbonyl (C=O) groups is 2. The van der Waals surface area contributed by atoms with Crippen molar-refractivity contribution in [3.05, 3.63) is 75.7 Å². The SMILES string of the molecule is COC(=O)/C=C/c1ccc(OC(=O)c2csc(COc3ccc(C)cc3)n2)c(OC)c1. The van der Waals surface area contributed by atoms with Gasteiger partial charge < -0.3 is 18.9 Å². The molecule has 0 saturated heterocycles. The normalized spacial score (nSPS) is 10.7. The molecule has 1 heterocycles. The van der Waals surface area contributed by atoms with Crippen molar-refractivity contribution < 1.29 is 28.5 Å². The molecule has 31 heavy (non-hydrogen) atoms. The predicted octanol–water partition coefficient (Wildman–Crippen LogP) is 4.44. The van der Waals surface area contributed by atoms with E-state index in [2.05, 4.69) is 9.72 Å². The molecule has 0 aliphatic heterocycles. The Morgan fingerprint density at radius 2 is 1.84 bits per heavy atom. The molecule has 0 amide bonds. The average molecular weight is 439 g/mol. The Morgan fingerprint density at radius 3 is 2.55 bits per heavy atom. The van der Waals surface area contributed by atoms with Gasteiger partial charge >= 0.3 is 11.9 Å². The van der Waals surface area contributed by atoms with Crippen LogP contribution in [0.3, 0.4) is 0 Å². The molecule has 1 aromatic heterocycles. The summed E-state index contributed by atoms with van der Waals surface area (Å²) in [6.45, 7) is 2.26. The van der Waals surface area contributed by atoms with Crippen LogP contribution in [0.5, 0.6) is 17.2 Å². The van der Waals surface area contributed by atoms with E-state index < -0.39 is 11.9 Å². The van der Waals surface area contributed by atoms with E-state index in [9.17, 15) is 9.59 Å². The Kier molecular flexibility index (Phi) is 7.40. The van der Waals surface area contributed by atoms with Gasteiger partial charge in [-0.25, -0.2) is 14.6 Å². The number of ether oxygens (including phenoxy) is 4. The third-order valence-electron chi connectivity index (χ3n) is 4.15. The molecule has 0 saturated carbocycles. The van der Waals surface area contributed by atoms with E-state index in [-0.39, 0.29) is 18.1 Å². The third-order valence-corrected chi connectivity index (χ3v) is 4.97. The van der Waals surface area contributed by atoms with Crippen molar-refractivity contribution in [2.75, 3.05) is 14.2 Å². The molecule has 0 spiro atoms. The second kappa shape index (κ2) is 10.4. The quantitative estimate of drug-likeness (QED) is 0.291. The number of aromatic nitrogens is 1. The molecule has 0 unspecified atom stereocenters. The zero-order valence-corrected chi connectivity index (χ0v) is 18.1. The van der Waals surface area contributed by atoms with Crippen molar-refractivity contribution >= 4 is 29.4 Å². The molecule has 3 rings (SSSR count). The smallest absolute Gasteiger partial charge is 0.363 e. The van der Waals surface area contributed by atoms with Gasteiger partial charge in [0.2, 0.25) is 0 Å². The van der Waals surface area contributed by atoms with Gasteiger partial charge in [0.1, 0.15) is 17.4 Å². The Bertz CT molecular complexity index is 1090. The van der Waals surface area contributed by atoms with Crippen molar-refractivity contribution in [1.82, 2.24) is 4.98 Å². The fourth-order valence-corrected chi connectivity index (χ4v) is 3.18. The topological polar surface area (TPSA) is 84.0 Å². The number of benzene rings is 2. The van der Waals surface area contributed by atoms with Gasteiger partial charge in [0.25, 0.3) is 0 Å². The molecule has 3 aromatic rings. The van der Waals surface area contributed by atoms with Crippen LogP contribution in [-0.4, -0.2) is 31.1 Å². The minimum Gasteiger partial charge on any atom is -0.493 e.